The molecule has 2 aliphatic rings. The summed E-state index contributed by atoms with van der Waals surface area (Å²) in [6, 6.07) is 22.5. The molecule has 2 aliphatic carbocycles. The molecule has 0 amide bonds. The normalized spacial score (nSPS) is 13.5. The molecule has 3 aromatic carbocycles. The first-order valence-corrected chi connectivity index (χ1v) is 10.8. The molecular weight excluding hydrogens is 378 g/mol. The summed E-state index contributed by atoms with van der Waals surface area (Å²) in [5.41, 5.74) is 13.3. The second-order valence-corrected chi connectivity index (χ2v) is 8.69. The molecule has 0 radical (unpaired) electrons. The average molecular weight is 395 g/mol. The number of benzene rings is 3. The van der Waals surface area contributed by atoms with E-state index in [-0.39, 0.29) is 0 Å². The fourth-order valence-corrected chi connectivity index (χ4v) is 5.83. The maximum absolute atomic E-state index is 4.71. The summed E-state index contributed by atoms with van der Waals surface area (Å²) in [5.74, 6) is 0. The first-order valence-electron chi connectivity index (χ1n) is 10.8. The van der Waals surface area contributed by atoms with Crippen molar-refractivity contribution in [3.8, 4) is 22.3 Å². The Morgan fingerprint density at radius 1 is 0.581 bits per heavy atom. The minimum Gasteiger partial charge on any atom is -0.283 e. The van der Waals surface area contributed by atoms with E-state index in [4.69, 9.17) is 4.98 Å². The van der Waals surface area contributed by atoms with Gasteiger partial charge in [-0.1, -0.05) is 36.4 Å². The second-order valence-electron chi connectivity index (χ2n) is 8.69. The molecule has 0 bridgehead atoms. The smallest absolute Gasteiger partial charge is 0.146 e. The van der Waals surface area contributed by atoms with Gasteiger partial charge in [-0.3, -0.25) is 4.40 Å². The van der Waals surface area contributed by atoms with Crippen LogP contribution < -0.4 is 0 Å². The topological polar surface area (TPSA) is 30.2 Å². The molecule has 0 unspecified atom stereocenters. The fourth-order valence-electron chi connectivity index (χ4n) is 5.83. The van der Waals surface area contributed by atoms with E-state index in [1.165, 1.54) is 60.7 Å². The van der Waals surface area contributed by atoms with Crippen molar-refractivity contribution in [3.05, 3.63) is 102 Å². The first kappa shape index (κ1) is 15.8. The Hall–Kier alpha value is -3.98. The van der Waals surface area contributed by atoms with Crippen molar-refractivity contribution in [2.24, 2.45) is 0 Å². The van der Waals surface area contributed by atoms with Gasteiger partial charge < -0.3 is 0 Å². The van der Waals surface area contributed by atoms with Crippen LogP contribution >= 0.6 is 0 Å². The van der Waals surface area contributed by atoms with Gasteiger partial charge in [0.1, 0.15) is 11.3 Å². The lowest BCUT2D eigenvalue weighted by Crippen LogP contribution is -1.94. The van der Waals surface area contributed by atoms with Gasteiger partial charge in [0.25, 0.3) is 0 Å². The number of aromatic nitrogens is 3. The zero-order valence-electron chi connectivity index (χ0n) is 16.8. The lowest BCUT2D eigenvalue weighted by atomic mass is 9.92. The summed E-state index contributed by atoms with van der Waals surface area (Å²) < 4.78 is 2.12. The number of rotatable bonds is 0. The van der Waals surface area contributed by atoms with Gasteiger partial charge in [0.05, 0.1) is 0 Å². The summed E-state index contributed by atoms with van der Waals surface area (Å²) in [7, 11) is 0. The van der Waals surface area contributed by atoms with Gasteiger partial charge in [-0.05, 0) is 87.0 Å². The van der Waals surface area contributed by atoms with Crippen LogP contribution in [0.15, 0.2) is 79.3 Å². The zero-order chi connectivity index (χ0) is 20.1. The van der Waals surface area contributed by atoms with Crippen LogP contribution in [0.4, 0.5) is 0 Å². The van der Waals surface area contributed by atoms with Gasteiger partial charge in [-0.2, -0.15) is 0 Å². The van der Waals surface area contributed by atoms with Crippen LogP contribution in [0, 0.1) is 0 Å². The van der Waals surface area contributed by atoms with E-state index in [1.807, 2.05) is 24.7 Å². The Balaban J connectivity index is 1.52. The highest BCUT2D eigenvalue weighted by Crippen LogP contribution is 2.50. The number of hydrogen-bond donors (Lipinski definition) is 0. The van der Waals surface area contributed by atoms with Crippen molar-refractivity contribution in [1.82, 2.24) is 14.4 Å². The van der Waals surface area contributed by atoms with E-state index in [0.717, 1.165) is 24.1 Å². The molecule has 144 valence electrons. The molecule has 3 nitrogen and oxygen atoms in total. The highest BCUT2D eigenvalue weighted by atomic mass is 15.0. The van der Waals surface area contributed by atoms with Gasteiger partial charge in [-0.15, -0.1) is 0 Å². The van der Waals surface area contributed by atoms with Crippen molar-refractivity contribution in [1.29, 1.82) is 0 Å². The summed E-state index contributed by atoms with van der Waals surface area (Å²) in [6.45, 7) is 0. The van der Waals surface area contributed by atoms with Gasteiger partial charge in [0, 0.05) is 29.4 Å². The molecule has 8 rings (SSSR count). The lowest BCUT2D eigenvalue weighted by molar-refractivity contribution is 1.20. The van der Waals surface area contributed by atoms with Crippen molar-refractivity contribution in [3.63, 3.8) is 0 Å². The summed E-state index contributed by atoms with van der Waals surface area (Å²) in [6.07, 6.45) is 7.76. The fraction of sp³-hybridized carbons (Fsp3) is 0.0714. The Labute approximate surface area is 178 Å². The predicted molar refractivity (Wildman–Crippen MR) is 124 cm³/mol. The molecule has 0 spiro atoms. The van der Waals surface area contributed by atoms with Gasteiger partial charge in [-0.25, -0.2) is 9.97 Å². The van der Waals surface area contributed by atoms with Crippen molar-refractivity contribution in [2.45, 2.75) is 12.8 Å². The van der Waals surface area contributed by atoms with E-state index in [2.05, 4.69) is 64.0 Å². The molecule has 0 N–H and O–H groups in total. The van der Waals surface area contributed by atoms with Gasteiger partial charge in [0.15, 0.2) is 0 Å². The standard InChI is InChI=1S/C28H17N3/c1-2-5-20-16(4-1)12-17-7-8-18-13-19-14-23-21-6-3-9-29-27(21)31-11-10-30-28(31)24(23)15-22(19)26(18)25(17)20/h1-11,14-15H,12-13H2. The van der Waals surface area contributed by atoms with Crippen LogP contribution in [0.5, 0.6) is 0 Å². The Kier molecular flexibility index (Phi) is 2.74. The number of imidazole rings is 1. The Bertz CT molecular complexity index is 1740. The summed E-state index contributed by atoms with van der Waals surface area (Å²) in [4.78, 5) is 9.37. The molecule has 0 fully saturated rings. The number of hydrogen-bond acceptors (Lipinski definition) is 2. The second kappa shape index (κ2) is 5.38. The predicted octanol–water partition coefficient (Wildman–Crippen LogP) is 6.18. The third-order valence-corrected chi connectivity index (χ3v) is 7.13. The molecular formula is C28H17N3. The molecule has 0 saturated heterocycles. The van der Waals surface area contributed by atoms with Crippen molar-refractivity contribution in [2.75, 3.05) is 0 Å². The van der Waals surface area contributed by atoms with Gasteiger partial charge >= 0.3 is 0 Å². The average Bonchev–Trinajstić information content (AvgIpc) is 3.52. The summed E-state index contributed by atoms with van der Waals surface area (Å²) >= 11 is 0. The van der Waals surface area contributed by atoms with Crippen LogP contribution in [0.2, 0.25) is 0 Å². The summed E-state index contributed by atoms with van der Waals surface area (Å²) in [5, 5.41) is 3.61. The van der Waals surface area contributed by atoms with Crippen LogP contribution in [0.1, 0.15) is 22.3 Å². The maximum atomic E-state index is 4.71. The molecule has 31 heavy (non-hydrogen) atoms. The molecule has 3 heteroatoms. The van der Waals surface area contributed by atoms with Crippen LogP contribution in [0.3, 0.4) is 0 Å². The van der Waals surface area contributed by atoms with E-state index < -0.39 is 0 Å². The largest absolute Gasteiger partial charge is 0.283 e. The van der Waals surface area contributed by atoms with Crippen LogP contribution in [-0.4, -0.2) is 14.4 Å². The molecule has 0 atom stereocenters. The van der Waals surface area contributed by atoms with E-state index in [9.17, 15) is 0 Å². The first-order chi connectivity index (χ1) is 15.4. The molecule has 0 saturated carbocycles. The highest BCUT2D eigenvalue weighted by molar-refractivity contribution is 6.13. The molecule has 3 aromatic heterocycles. The zero-order valence-corrected chi connectivity index (χ0v) is 16.8. The quantitative estimate of drug-likeness (QED) is 0.287. The molecule has 3 heterocycles. The van der Waals surface area contributed by atoms with E-state index in [0.29, 0.717) is 0 Å². The lowest BCUT2D eigenvalue weighted by Gasteiger charge is -2.12. The maximum Gasteiger partial charge on any atom is 0.146 e. The number of pyridine rings is 2. The third kappa shape index (κ3) is 1.89. The monoisotopic (exact) mass is 395 g/mol. The van der Waals surface area contributed by atoms with Crippen LogP contribution in [0.25, 0.3) is 49.7 Å². The highest BCUT2D eigenvalue weighted by Gasteiger charge is 2.29. The molecule has 0 aliphatic heterocycles. The third-order valence-electron chi connectivity index (χ3n) is 7.13. The van der Waals surface area contributed by atoms with Crippen LogP contribution in [-0.2, 0) is 12.8 Å². The SMILES string of the molecule is c1ccc2c(c1)Cc1ccc3c(c1-2)-c1cc2c(cc1C3)c1cccnc1n1ccnc21. The number of fused-ring (bicyclic) bond motifs is 13. The molecule has 6 aromatic rings. The van der Waals surface area contributed by atoms with Crippen molar-refractivity contribution < 1.29 is 0 Å². The van der Waals surface area contributed by atoms with Crippen molar-refractivity contribution >= 4 is 27.5 Å². The van der Waals surface area contributed by atoms with E-state index >= 15 is 0 Å². The Morgan fingerprint density at radius 3 is 2.29 bits per heavy atom. The van der Waals surface area contributed by atoms with Gasteiger partial charge in [0.2, 0.25) is 0 Å². The number of nitrogens with zero attached hydrogens (tertiary/aromatic N) is 3. The van der Waals surface area contributed by atoms with E-state index in [1.54, 1.807) is 0 Å². The minimum absolute atomic E-state index is 0.966. The Morgan fingerprint density at radius 2 is 1.35 bits per heavy atom. The minimum atomic E-state index is 0.966.